The van der Waals surface area contributed by atoms with Gasteiger partial charge in [-0.2, -0.15) is 0 Å². The molecule has 0 spiro atoms. The van der Waals surface area contributed by atoms with Crippen LogP contribution in [-0.4, -0.2) is 47.6 Å². The summed E-state index contributed by atoms with van der Waals surface area (Å²) in [6.07, 6.45) is 0. The van der Waals surface area contributed by atoms with Gasteiger partial charge in [0.25, 0.3) is 0 Å². The van der Waals surface area contributed by atoms with Gasteiger partial charge in [0.05, 0.1) is 34.3 Å². The molecule has 1 aliphatic rings. The van der Waals surface area contributed by atoms with Gasteiger partial charge in [-0.25, -0.2) is 4.98 Å². The highest BCUT2D eigenvalue weighted by atomic mass is 32.1. The van der Waals surface area contributed by atoms with E-state index in [-0.39, 0.29) is 5.60 Å². The molecule has 21 heavy (non-hydrogen) atoms. The van der Waals surface area contributed by atoms with Gasteiger partial charge in [-0.15, -0.1) is 11.3 Å². The lowest BCUT2D eigenvalue weighted by atomic mass is 10.1. The molecule has 0 amide bonds. The van der Waals surface area contributed by atoms with Crippen LogP contribution in [0.5, 0.6) is 0 Å². The molecule has 2 heterocycles. The number of ether oxygens (including phenoxy) is 1. The number of nitrogens with zero attached hydrogens (tertiary/aromatic N) is 3. The summed E-state index contributed by atoms with van der Waals surface area (Å²) in [5.74, 6) is 0.492. The van der Waals surface area contributed by atoms with Gasteiger partial charge in [-0.1, -0.05) is 5.16 Å². The summed E-state index contributed by atoms with van der Waals surface area (Å²) < 4.78 is 5.67. The van der Waals surface area contributed by atoms with Crippen molar-refractivity contribution in [1.82, 2.24) is 9.88 Å². The molecule has 0 atom stereocenters. The fraction of sp³-hybridized carbons (Fsp3) is 0.714. The summed E-state index contributed by atoms with van der Waals surface area (Å²) in [5, 5.41) is 5.04. The number of aromatic nitrogens is 1. The average molecular weight is 312 g/mol. The van der Waals surface area contributed by atoms with Crippen molar-refractivity contribution in [3.05, 3.63) is 15.6 Å². The van der Waals surface area contributed by atoms with E-state index in [2.05, 4.69) is 28.9 Å². The summed E-state index contributed by atoms with van der Waals surface area (Å²) in [6.45, 7) is 11.6. The Hall–Kier alpha value is -1.18. The standard InChI is InChI=1S/C14H24N4O2S/c1-10-12(21-11(2)16-10)8-20-17-13(15)7-18-5-6-19-14(3,4)9-18/h5-9H2,1-4H3,(H2,15,17). The van der Waals surface area contributed by atoms with Crippen molar-refractivity contribution in [3.8, 4) is 0 Å². The smallest absolute Gasteiger partial charge is 0.153 e. The summed E-state index contributed by atoms with van der Waals surface area (Å²) in [4.78, 5) is 13.0. The molecule has 118 valence electrons. The molecule has 2 rings (SSSR count). The van der Waals surface area contributed by atoms with E-state index in [1.807, 2.05) is 13.8 Å². The minimum Gasteiger partial charge on any atom is -0.389 e. The molecule has 0 aromatic carbocycles. The first-order valence-electron chi connectivity index (χ1n) is 7.09. The number of rotatable bonds is 5. The molecule has 0 aliphatic carbocycles. The van der Waals surface area contributed by atoms with Crippen molar-refractivity contribution in [2.75, 3.05) is 26.2 Å². The predicted octanol–water partition coefficient (Wildman–Crippen LogP) is 1.66. The van der Waals surface area contributed by atoms with Crippen LogP contribution >= 0.6 is 11.3 Å². The van der Waals surface area contributed by atoms with Gasteiger partial charge in [-0.05, 0) is 27.7 Å². The van der Waals surface area contributed by atoms with Crippen LogP contribution in [-0.2, 0) is 16.2 Å². The molecule has 7 heteroatoms. The Balaban J connectivity index is 1.80. The second kappa shape index (κ2) is 6.72. The average Bonchev–Trinajstić information content (AvgIpc) is 2.66. The molecular weight excluding hydrogens is 288 g/mol. The predicted molar refractivity (Wildman–Crippen MR) is 84.5 cm³/mol. The van der Waals surface area contributed by atoms with Gasteiger partial charge in [0.1, 0.15) is 0 Å². The number of morpholine rings is 1. The largest absolute Gasteiger partial charge is 0.389 e. The minimum absolute atomic E-state index is 0.128. The fourth-order valence-corrected chi connectivity index (χ4v) is 3.23. The maximum atomic E-state index is 5.93. The van der Waals surface area contributed by atoms with E-state index in [1.165, 1.54) is 0 Å². The van der Waals surface area contributed by atoms with E-state index in [0.717, 1.165) is 35.3 Å². The Kier molecular flexibility index (Phi) is 5.18. The topological polar surface area (TPSA) is 73.0 Å². The normalized spacial score (nSPS) is 19.7. The first-order valence-corrected chi connectivity index (χ1v) is 7.91. The zero-order valence-corrected chi connectivity index (χ0v) is 14.0. The van der Waals surface area contributed by atoms with Gasteiger partial charge < -0.3 is 15.3 Å². The molecule has 0 unspecified atom stereocenters. The third-order valence-electron chi connectivity index (χ3n) is 3.27. The molecule has 0 saturated carbocycles. The number of hydrogen-bond donors (Lipinski definition) is 1. The zero-order valence-electron chi connectivity index (χ0n) is 13.2. The lowest BCUT2D eigenvalue weighted by Gasteiger charge is -2.37. The van der Waals surface area contributed by atoms with Crippen LogP contribution in [0.15, 0.2) is 5.16 Å². The van der Waals surface area contributed by atoms with E-state index in [1.54, 1.807) is 11.3 Å². The number of aryl methyl sites for hydroxylation is 2. The Morgan fingerprint density at radius 3 is 2.90 bits per heavy atom. The Morgan fingerprint density at radius 1 is 1.52 bits per heavy atom. The van der Waals surface area contributed by atoms with E-state index in [9.17, 15) is 0 Å². The van der Waals surface area contributed by atoms with Crippen LogP contribution in [0.2, 0.25) is 0 Å². The van der Waals surface area contributed by atoms with E-state index >= 15 is 0 Å². The highest BCUT2D eigenvalue weighted by Gasteiger charge is 2.27. The molecule has 0 radical (unpaired) electrons. The Morgan fingerprint density at radius 2 is 2.29 bits per heavy atom. The monoisotopic (exact) mass is 312 g/mol. The third kappa shape index (κ3) is 4.94. The lowest BCUT2D eigenvalue weighted by Crippen LogP contribution is -2.50. The van der Waals surface area contributed by atoms with Crippen LogP contribution in [0.4, 0.5) is 0 Å². The molecule has 0 bridgehead atoms. The number of thiazole rings is 1. The van der Waals surface area contributed by atoms with Crippen LogP contribution in [0.3, 0.4) is 0 Å². The maximum absolute atomic E-state index is 5.93. The van der Waals surface area contributed by atoms with Gasteiger partial charge in [0, 0.05) is 13.1 Å². The molecule has 1 aromatic heterocycles. The quantitative estimate of drug-likeness (QED) is 0.508. The summed E-state index contributed by atoms with van der Waals surface area (Å²) in [7, 11) is 0. The SMILES string of the molecule is Cc1nc(C)c(CO/N=C(/N)CN2CCOC(C)(C)C2)s1. The van der Waals surface area contributed by atoms with Crippen molar-refractivity contribution in [2.45, 2.75) is 39.9 Å². The van der Waals surface area contributed by atoms with Gasteiger partial charge in [0.15, 0.2) is 12.4 Å². The van der Waals surface area contributed by atoms with Crippen molar-refractivity contribution in [2.24, 2.45) is 10.9 Å². The number of oxime groups is 1. The summed E-state index contributed by atoms with van der Waals surface area (Å²) in [6, 6.07) is 0. The molecule has 6 nitrogen and oxygen atoms in total. The third-order valence-corrected chi connectivity index (χ3v) is 4.31. The zero-order chi connectivity index (χ0) is 15.5. The lowest BCUT2D eigenvalue weighted by molar-refractivity contribution is -0.0821. The molecule has 1 aromatic rings. The van der Waals surface area contributed by atoms with Crippen molar-refractivity contribution in [3.63, 3.8) is 0 Å². The van der Waals surface area contributed by atoms with Gasteiger partial charge >= 0.3 is 0 Å². The van der Waals surface area contributed by atoms with E-state index in [4.69, 9.17) is 15.3 Å². The molecule has 2 N–H and O–H groups in total. The van der Waals surface area contributed by atoms with Crippen LogP contribution < -0.4 is 5.73 Å². The van der Waals surface area contributed by atoms with Gasteiger partial charge in [-0.3, -0.25) is 4.90 Å². The van der Waals surface area contributed by atoms with E-state index < -0.39 is 0 Å². The maximum Gasteiger partial charge on any atom is 0.153 e. The van der Waals surface area contributed by atoms with Crippen LogP contribution in [0.1, 0.15) is 29.4 Å². The first-order chi connectivity index (χ1) is 9.85. The van der Waals surface area contributed by atoms with Crippen molar-refractivity contribution >= 4 is 17.2 Å². The van der Waals surface area contributed by atoms with Crippen molar-refractivity contribution in [1.29, 1.82) is 0 Å². The number of hydrogen-bond acceptors (Lipinski definition) is 6. The molecule has 1 saturated heterocycles. The van der Waals surface area contributed by atoms with Gasteiger partial charge in [0.2, 0.25) is 0 Å². The molecular formula is C14H24N4O2S. The molecule has 1 fully saturated rings. The minimum atomic E-state index is -0.128. The molecule has 1 aliphatic heterocycles. The Labute approximate surface area is 129 Å². The summed E-state index contributed by atoms with van der Waals surface area (Å²) in [5.41, 5.74) is 6.80. The van der Waals surface area contributed by atoms with Crippen LogP contribution in [0.25, 0.3) is 0 Å². The van der Waals surface area contributed by atoms with Crippen molar-refractivity contribution < 1.29 is 9.57 Å². The fourth-order valence-electron chi connectivity index (χ4n) is 2.39. The van der Waals surface area contributed by atoms with E-state index in [0.29, 0.717) is 19.0 Å². The second-order valence-corrected chi connectivity index (χ2v) is 7.20. The summed E-state index contributed by atoms with van der Waals surface area (Å²) >= 11 is 1.63. The number of amidine groups is 1. The highest BCUT2D eigenvalue weighted by Crippen LogP contribution is 2.18. The second-order valence-electron chi connectivity index (χ2n) is 5.92. The highest BCUT2D eigenvalue weighted by molar-refractivity contribution is 7.11. The number of nitrogens with two attached hydrogens (primary N) is 1. The van der Waals surface area contributed by atoms with Crippen LogP contribution in [0, 0.1) is 13.8 Å². The first kappa shape index (κ1) is 16.2. The Bertz CT molecular complexity index is 513.